The summed E-state index contributed by atoms with van der Waals surface area (Å²) in [5, 5.41) is 3.79. The summed E-state index contributed by atoms with van der Waals surface area (Å²) in [7, 11) is 0. The highest BCUT2D eigenvalue weighted by atomic mass is 16.5. The fourth-order valence-electron chi connectivity index (χ4n) is 1.97. The smallest absolute Gasteiger partial charge is 0.0662 e. The maximum absolute atomic E-state index is 8.41. The summed E-state index contributed by atoms with van der Waals surface area (Å²) >= 11 is 0. The molecule has 3 unspecified atom stereocenters. The van der Waals surface area contributed by atoms with E-state index in [1.807, 2.05) is 6.92 Å². The minimum Gasteiger partial charge on any atom is -0.375 e. The van der Waals surface area contributed by atoms with Crippen molar-refractivity contribution in [3.8, 4) is 0 Å². The molecule has 0 amide bonds. The Balaban J connectivity index is 2.78. The molecule has 1 fully saturated rings. The number of azide groups is 1. The van der Waals surface area contributed by atoms with Crippen LogP contribution in [0.15, 0.2) is 5.11 Å². The molecule has 0 N–H and O–H groups in total. The van der Waals surface area contributed by atoms with Gasteiger partial charge in [-0.25, -0.2) is 0 Å². The Morgan fingerprint density at radius 3 is 2.23 bits per heavy atom. The molecule has 74 valence electrons. The van der Waals surface area contributed by atoms with Crippen LogP contribution in [0, 0.1) is 11.8 Å². The zero-order chi connectivity index (χ0) is 10.0. The van der Waals surface area contributed by atoms with Gasteiger partial charge in [0.2, 0.25) is 0 Å². The lowest BCUT2D eigenvalue weighted by molar-refractivity contribution is -0.0952. The largest absolute Gasteiger partial charge is 0.375 e. The Labute approximate surface area is 78.9 Å². The second-order valence-electron chi connectivity index (χ2n) is 3.96. The summed E-state index contributed by atoms with van der Waals surface area (Å²) < 4.78 is 5.67. The third kappa shape index (κ3) is 1.95. The zero-order valence-electron chi connectivity index (χ0n) is 8.64. The van der Waals surface area contributed by atoms with Crippen molar-refractivity contribution < 1.29 is 4.74 Å². The molecule has 1 saturated heterocycles. The second-order valence-corrected chi connectivity index (χ2v) is 3.96. The maximum atomic E-state index is 8.41. The Kier molecular flexibility index (Phi) is 3.17. The van der Waals surface area contributed by atoms with E-state index in [2.05, 4.69) is 30.8 Å². The number of hydrogen-bond acceptors (Lipinski definition) is 2. The van der Waals surface area contributed by atoms with E-state index in [-0.39, 0.29) is 18.2 Å². The predicted octanol–water partition coefficient (Wildman–Crippen LogP) is 2.74. The van der Waals surface area contributed by atoms with E-state index in [9.17, 15) is 0 Å². The van der Waals surface area contributed by atoms with E-state index >= 15 is 0 Å². The van der Waals surface area contributed by atoms with Gasteiger partial charge in [0, 0.05) is 4.91 Å². The quantitative estimate of drug-likeness (QED) is 0.350. The van der Waals surface area contributed by atoms with E-state index in [1.54, 1.807) is 0 Å². The first kappa shape index (κ1) is 10.4. The van der Waals surface area contributed by atoms with Crippen molar-refractivity contribution in [3.05, 3.63) is 10.4 Å². The molecule has 0 radical (unpaired) electrons. The van der Waals surface area contributed by atoms with E-state index in [0.717, 1.165) is 0 Å². The highest BCUT2D eigenvalue weighted by Crippen LogP contribution is 2.32. The first-order valence-corrected chi connectivity index (χ1v) is 4.77. The monoisotopic (exact) mass is 183 g/mol. The van der Waals surface area contributed by atoms with Gasteiger partial charge in [0.25, 0.3) is 0 Å². The van der Waals surface area contributed by atoms with E-state index < -0.39 is 0 Å². The van der Waals surface area contributed by atoms with Crippen LogP contribution in [0.25, 0.3) is 10.4 Å². The number of rotatable bonds is 1. The Bertz CT molecular complexity index is 225. The summed E-state index contributed by atoms with van der Waals surface area (Å²) in [5.74, 6) is 0.848. The van der Waals surface area contributed by atoms with Crippen molar-refractivity contribution in [2.45, 2.75) is 45.9 Å². The standard InChI is InChI=1S/C9H17N3O/c1-5-6(2)9(11-12-10)8(4)13-7(5)3/h5-9H,1-4H3/t5-,6-,7?,8?,9?/m0/s1. The molecule has 4 nitrogen and oxygen atoms in total. The van der Waals surface area contributed by atoms with Gasteiger partial charge in [0.15, 0.2) is 0 Å². The molecule has 0 aromatic heterocycles. The SMILES string of the molecule is CC1OC(C)[C@@H](C)[C@H](C)C1N=[N+]=[N-]. The van der Waals surface area contributed by atoms with Gasteiger partial charge >= 0.3 is 0 Å². The average Bonchev–Trinajstić information content (AvgIpc) is 2.09. The van der Waals surface area contributed by atoms with Crippen molar-refractivity contribution >= 4 is 0 Å². The first-order valence-electron chi connectivity index (χ1n) is 4.77. The summed E-state index contributed by atoms with van der Waals surface area (Å²) in [6.45, 7) is 8.31. The molecule has 5 atom stereocenters. The Morgan fingerprint density at radius 2 is 1.69 bits per heavy atom. The van der Waals surface area contributed by atoms with E-state index in [4.69, 9.17) is 10.3 Å². The van der Waals surface area contributed by atoms with Gasteiger partial charge in [0.05, 0.1) is 18.2 Å². The topological polar surface area (TPSA) is 58.0 Å². The third-order valence-electron chi connectivity index (χ3n) is 3.20. The van der Waals surface area contributed by atoms with Crippen LogP contribution in [0.1, 0.15) is 27.7 Å². The van der Waals surface area contributed by atoms with Crippen LogP contribution >= 0.6 is 0 Å². The molecule has 0 spiro atoms. The molecular weight excluding hydrogens is 166 g/mol. The molecular formula is C9H17N3O. The molecule has 0 aliphatic carbocycles. The van der Waals surface area contributed by atoms with Crippen molar-refractivity contribution in [2.75, 3.05) is 0 Å². The fourth-order valence-corrected chi connectivity index (χ4v) is 1.97. The molecule has 0 aromatic rings. The van der Waals surface area contributed by atoms with Crippen LogP contribution in [-0.4, -0.2) is 18.2 Å². The number of nitrogens with zero attached hydrogens (tertiary/aromatic N) is 3. The third-order valence-corrected chi connectivity index (χ3v) is 3.20. The lowest BCUT2D eigenvalue weighted by atomic mass is 9.81. The van der Waals surface area contributed by atoms with Crippen LogP contribution in [-0.2, 0) is 4.74 Å². The lowest BCUT2D eigenvalue weighted by Gasteiger charge is -2.40. The second kappa shape index (κ2) is 3.99. The van der Waals surface area contributed by atoms with E-state index in [0.29, 0.717) is 11.8 Å². The summed E-state index contributed by atoms with van der Waals surface area (Å²) in [6, 6.07) is -0.0174. The molecule has 1 aliphatic heterocycles. The fraction of sp³-hybridized carbons (Fsp3) is 1.00. The van der Waals surface area contributed by atoms with Crippen LogP contribution in [0.5, 0.6) is 0 Å². The molecule has 0 aromatic carbocycles. The molecule has 1 aliphatic rings. The molecule has 0 saturated carbocycles. The number of ether oxygens (including phenoxy) is 1. The zero-order valence-corrected chi connectivity index (χ0v) is 8.64. The highest BCUT2D eigenvalue weighted by molar-refractivity contribution is 4.89. The van der Waals surface area contributed by atoms with Gasteiger partial charge in [-0.15, -0.1) is 0 Å². The maximum Gasteiger partial charge on any atom is 0.0662 e. The summed E-state index contributed by atoms with van der Waals surface area (Å²) in [6.07, 6.45) is 0.298. The first-order chi connectivity index (χ1) is 6.07. The van der Waals surface area contributed by atoms with Crippen LogP contribution < -0.4 is 0 Å². The van der Waals surface area contributed by atoms with Gasteiger partial charge < -0.3 is 4.74 Å². The summed E-state index contributed by atoms with van der Waals surface area (Å²) in [4.78, 5) is 2.86. The van der Waals surface area contributed by atoms with Crippen LogP contribution in [0.3, 0.4) is 0 Å². The molecule has 4 heteroatoms. The van der Waals surface area contributed by atoms with Gasteiger partial charge in [0.1, 0.15) is 0 Å². The molecule has 0 bridgehead atoms. The van der Waals surface area contributed by atoms with Crippen molar-refractivity contribution in [2.24, 2.45) is 17.0 Å². The predicted molar refractivity (Wildman–Crippen MR) is 51.3 cm³/mol. The molecule has 1 heterocycles. The van der Waals surface area contributed by atoms with Crippen molar-refractivity contribution in [1.82, 2.24) is 0 Å². The van der Waals surface area contributed by atoms with Crippen molar-refractivity contribution in [3.63, 3.8) is 0 Å². The van der Waals surface area contributed by atoms with Gasteiger partial charge in [-0.05, 0) is 31.2 Å². The Morgan fingerprint density at radius 1 is 1.08 bits per heavy atom. The lowest BCUT2D eigenvalue weighted by Crippen LogP contribution is -2.45. The van der Waals surface area contributed by atoms with E-state index in [1.165, 1.54) is 0 Å². The normalized spacial score (nSPS) is 45.4. The van der Waals surface area contributed by atoms with Crippen LogP contribution in [0.4, 0.5) is 0 Å². The average molecular weight is 183 g/mol. The van der Waals surface area contributed by atoms with Crippen LogP contribution in [0.2, 0.25) is 0 Å². The highest BCUT2D eigenvalue weighted by Gasteiger charge is 2.36. The van der Waals surface area contributed by atoms with Crippen molar-refractivity contribution in [1.29, 1.82) is 0 Å². The Hall–Kier alpha value is -0.730. The van der Waals surface area contributed by atoms with Gasteiger partial charge in [-0.3, -0.25) is 0 Å². The molecule has 13 heavy (non-hydrogen) atoms. The number of hydrogen-bond donors (Lipinski definition) is 0. The molecule has 1 rings (SSSR count). The minimum atomic E-state index is -0.0174. The summed E-state index contributed by atoms with van der Waals surface area (Å²) in [5.41, 5.74) is 8.41. The van der Waals surface area contributed by atoms with Gasteiger partial charge in [-0.2, -0.15) is 0 Å². The minimum absolute atomic E-state index is 0.0174. The van der Waals surface area contributed by atoms with Gasteiger partial charge in [-0.1, -0.05) is 19.0 Å².